The highest BCUT2D eigenvalue weighted by atomic mass is 16.2. The molecule has 2 heterocycles. The number of hydrogen-bond donors (Lipinski definition) is 3. The summed E-state index contributed by atoms with van der Waals surface area (Å²) < 4.78 is 0. The summed E-state index contributed by atoms with van der Waals surface area (Å²) in [5.41, 5.74) is 7.34. The first kappa shape index (κ1) is 16.0. The minimum Gasteiger partial charge on any atom is -0.368 e. The van der Waals surface area contributed by atoms with Crippen LogP contribution in [0.3, 0.4) is 0 Å². The fourth-order valence-corrected chi connectivity index (χ4v) is 3.46. The standard InChI is InChI=1S/C17H24N4O2/c18-16(22)15-7-3-9-21(15)11-12-4-1-5-13(10-12)20-17(23)14-6-2-8-19-14/h1,4-5,10,14-15,19H,2-3,6-9,11H2,(H2,18,22)(H,20,23). The van der Waals surface area contributed by atoms with Gasteiger partial charge in [-0.1, -0.05) is 12.1 Å². The first-order valence-electron chi connectivity index (χ1n) is 8.30. The van der Waals surface area contributed by atoms with Crippen molar-refractivity contribution in [3.05, 3.63) is 29.8 Å². The summed E-state index contributed by atoms with van der Waals surface area (Å²) in [5, 5.41) is 6.17. The van der Waals surface area contributed by atoms with E-state index in [4.69, 9.17) is 5.73 Å². The molecule has 2 atom stereocenters. The van der Waals surface area contributed by atoms with Crippen LogP contribution in [0.4, 0.5) is 5.69 Å². The molecule has 1 aromatic rings. The van der Waals surface area contributed by atoms with Gasteiger partial charge in [0, 0.05) is 12.2 Å². The Bertz CT molecular complexity index is 584. The summed E-state index contributed by atoms with van der Waals surface area (Å²) in [7, 11) is 0. The maximum absolute atomic E-state index is 12.2. The Morgan fingerprint density at radius 1 is 1.30 bits per heavy atom. The fourth-order valence-electron chi connectivity index (χ4n) is 3.46. The Morgan fingerprint density at radius 2 is 2.17 bits per heavy atom. The first-order chi connectivity index (χ1) is 11.1. The highest BCUT2D eigenvalue weighted by Crippen LogP contribution is 2.21. The second-order valence-corrected chi connectivity index (χ2v) is 6.37. The molecular weight excluding hydrogens is 292 g/mol. The van der Waals surface area contributed by atoms with E-state index in [0.717, 1.165) is 50.0 Å². The molecule has 0 aliphatic carbocycles. The van der Waals surface area contributed by atoms with Gasteiger partial charge in [0.15, 0.2) is 0 Å². The van der Waals surface area contributed by atoms with Gasteiger partial charge in [-0.05, 0) is 56.5 Å². The number of hydrogen-bond acceptors (Lipinski definition) is 4. The smallest absolute Gasteiger partial charge is 0.241 e. The molecule has 2 saturated heterocycles. The molecule has 0 spiro atoms. The lowest BCUT2D eigenvalue weighted by molar-refractivity contribution is -0.122. The van der Waals surface area contributed by atoms with Gasteiger partial charge in [0.05, 0.1) is 12.1 Å². The van der Waals surface area contributed by atoms with Crippen molar-refractivity contribution in [1.82, 2.24) is 10.2 Å². The van der Waals surface area contributed by atoms with Crippen molar-refractivity contribution in [2.24, 2.45) is 5.73 Å². The molecule has 0 saturated carbocycles. The van der Waals surface area contributed by atoms with Gasteiger partial charge in [-0.3, -0.25) is 14.5 Å². The van der Waals surface area contributed by atoms with Crippen LogP contribution in [0.25, 0.3) is 0 Å². The summed E-state index contributed by atoms with van der Waals surface area (Å²) in [6, 6.07) is 7.56. The number of nitrogens with two attached hydrogens (primary N) is 1. The largest absolute Gasteiger partial charge is 0.368 e. The summed E-state index contributed by atoms with van der Waals surface area (Å²) in [4.78, 5) is 25.8. The third-order valence-corrected chi connectivity index (χ3v) is 4.65. The number of carbonyl (C=O) groups is 2. The van der Waals surface area contributed by atoms with Crippen LogP contribution in [0.15, 0.2) is 24.3 Å². The Hall–Kier alpha value is -1.92. The number of amides is 2. The third-order valence-electron chi connectivity index (χ3n) is 4.65. The fraction of sp³-hybridized carbons (Fsp3) is 0.529. The Balaban J connectivity index is 1.63. The second-order valence-electron chi connectivity index (χ2n) is 6.37. The SMILES string of the molecule is NC(=O)C1CCCN1Cc1cccc(NC(=O)C2CCCN2)c1. The van der Waals surface area contributed by atoms with Crippen LogP contribution < -0.4 is 16.4 Å². The van der Waals surface area contributed by atoms with E-state index in [9.17, 15) is 9.59 Å². The van der Waals surface area contributed by atoms with Gasteiger partial charge >= 0.3 is 0 Å². The summed E-state index contributed by atoms with van der Waals surface area (Å²) in [6.45, 7) is 2.47. The predicted octanol–water partition coefficient (Wildman–Crippen LogP) is 0.827. The zero-order valence-corrected chi connectivity index (χ0v) is 13.3. The molecule has 0 bridgehead atoms. The summed E-state index contributed by atoms with van der Waals surface area (Å²) in [5.74, 6) is -0.227. The highest BCUT2D eigenvalue weighted by Gasteiger charge is 2.28. The molecule has 2 aliphatic heterocycles. The zero-order chi connectivity index (χ0) is 16.2. The van der Waals surface area contributed by atoms with Crippen LogP contribution in [0.5, 0.6) is 0 Å². The summed E-state index contributed by atoms with van der Waals surface area (Å²) in [6.07, 6.45) is 3.76. The predicted molar refractivity (Wildman–Crippen MR) is 88.7 cm³/mol. The average Bonchev–Trinajstić information content (AvgIpc) is 3.18. The van der Waals surface area contributed by atoms with Gasteiger partial charge in [0.25, 0.3) is 0 Å². The Labute approximate surface area is 136 Å². The Morgan fingerprint density at radius 3 is 2.91 bits per heavy atom. The molecule has 0 aromatic heterocycles. The van der Waals surface area contributed by atoms with E-state index in [1.165, 1.54) is 0 Å². The van der Waals surface area contributed by atoms with Crippen LogP contribution in [0, 0.1) is 0 Å². The van der Waals surface area contributed by atoms with E-state index in [2.05, 4.69) is 15.5 Å². The van der Waals surface area contributed by atoms with Crippen LogP contribution in [-0.2, 0) is 16.1 Å². The van der Waals surface area contributed by atoms with Crippen molar-refractivity contribution in [3.63, 3.8) is 0 Å². The minimum atomic E-state index is -0.251. The van der Waals surface area contributed by atoms with Gasteiger partial charge in [-0.15, -0.1) is 0 Å². The van der Waals surface area contributed by atoms with Crippen molar-refractivity contribution < 1.29 is 9.59 Å². The number of nitrogens with zero attached hydrogens (tertiary/aromatic N) is 1. The maximum Gasteiger partial charge on any atom is 0.241 e. The first-order valence-corrected chi connectivity index (χ1v) is 8.30. The normalized spacial score (nSPS) is 24.7. The van der Waals surface area contributed by atoms with E-state index < -0.39 is 0 Å². The van der Waals surface area contributed by atoms with E-state index in [0.29, 0.717) is 6.54 Å². The molecule has 2 unspecified atom stereocenters. The Kier molecular flexibility index (Phi) is 4.93. The van der Waals surface area contributed by atoms with Crippen molar-refractivity contribution >= 4 is 17.5 Å². The van der Waals surface area contributed by atoms with E-state index >= 15 is 0 Å². The van der Waals surface area contributed by atoms with Crippen molar-refractivity contribution in [1.29, 1.82) is 0 Å². The number of benzene rings is 1. The molecule has 2 fully saturated rings. The van der Waals surface area contributed by atoms with Crippen molar-refractivity contribution in [3.8, 4) is 0 Å². The lowest BCUT2D eigenvalue weighted by Gasteiger charge is -2.22. The molecule has 6 nitrogen and oxygen atoms in total. The molecular formula is C17H24N4O2. The molecule has 1 aromatic carbocycles. The van der Waals surface area contributed by atoms with Crippen molar-refractivity contribution in [2.75, 3.05) is 18.4 Å². The zero-order valence-electron chi connectivity index (χ0n) is 13.3. The minimum absolute atomic E-state index is 0.0239. The molecule has 4 N–H and O–H groups in total. The van der Waals surface area contributed by atoms with Gasteiger partial charge < -0.3 is 16.4 Å². The van der Waals surface area contributed by atoms with Gasteiger partial charge in [-0.25, -0.2) is 0 Å². The summed E-state index contributed by atoms with van der Waals surface area (Å²) >= 11 is 0. The van der Waals surface area contributed by atoms with Crippen LogP contribution >= 0.6 is 0 Å². The number of carbonyl (C=O) groups excluding carboxylic acids is 2. The van der Waals surface area contributed by atoms with Gasteiger partial charge in [0.1, 0.15) is 0 Å². The molecule has 124 valence electrons. The topological polar surface area (TPSA) is 87.5 Å². The van der Waals surface area contributed by atoms with Gasteiger partial charge in [0.2, 0.25) is 11.8 Å². The highest BCUT2D eigenvalue weighted by molar-refractivity contribution is 5.95. The van der Waals surface area contributed by atoms with E-state index in [1.807, 2.05) is 24.3 Å². The number of rotatable bonds is 5. The average molecular weight is 316 g/mol. The quantitative estimate of drug-likeness (QED) is 0.751. The lowest BCUT2D eigenvalue weighted by atomic mass is 10.1. The monoisotopic (exact) mass is 316 g/mol. The third kappa shape index (κ3) is 3.89. The maximum atomic E-state index is 12.2. The second kappa shape index (κ2) is 7.10. The number of likely N-dealkylation sites (tertiary alicyclic amines) is 1. The van der Waals surface area contributed by atoms with Crippen LogP contribution in [0.1, 0.15) is 31.2 Å². The van der Waals surface area contributed by atoms with Crippen LogP contribution in [-0.4, -0.2) is 41.9 Å². The number of primary amides is 1. The molecule has 3 rings (SSSR count). The lowest BCUT2D eigenvalue weighted by Crippen LogP contribution is -2.39. The van der Waals surface area contributed by atoms with Gasteiger partial charge in [-0.2, -0.15) is 0 Å². The van der Waals surface area contributed by atoms with Crippen LogP contribution in [0.2, 0.25) is 0 Å². The van der Waals surface area contributed by atoms with E-state index in [1.54, 1.807) is 0 Å². The van der Waals surface area contributed by atoms with Crippen molar-refractivity contribution in [2.45, 2.75) is 44.3 Å². The number of nitrogens with one attached hydrogen (secondary N) is 2. The molecule has 6 heteroatoms. The van der Waals surface area contributed by atoms with E-state index in [-0.39, 0.29) is 23.9 Å². The number of anilines is 1. The molecule has 2 amide bonds. The molecule has 23 heavy (non-hydrogen) atoms. The molecule has 0 radical (unpaired) electrons. The molecule has 2 aliphatic rings.